The van der Waals surface area contributed by atoms with Crippen LogP contribution in [0, 0.1) is 18.6 Å². The molecule has 0 bridgehead atoms. The van der Waals surface area contributed by atoms with Gasteiger partial charge in [0, 0.05) is 18.8 Å². The largest absolute Gasteiger partial charge is 0.464 e. The number of nitrogens with one attached hydrogen (secondary N) is 1. The van der Waals surface area contributed by atoms with Crippen LogP contribution in [0.15, 0.2) is 63.8 Å². The molecule has 2 aromatic carbocycles. The van der Waals surface area contributed by atoms with E-state index in [9.17, 15) is 26.8 Å². The van der Waals surface area contributed by atoms with Crippen molar-refractivity contribution < 1.29 is 31.5 Å². The lowest BCUT2D eigenvalue weighted by Gasteiger charge is -2.40. The third-order valence-corrected chi connectivity index (χ3v) is 9.71. The Morgan fingerprint density at radius 3 is 2.28 bits per heavy atom. The maximum absolute atomic E-state index is 14.2. The maximum atomic E-state index is 14.2. The van der Waals surface area contributed by atoms with E-state index in [0.29, 0.717) is 50.0 Å². The molecule has 0 unspecified atom stereocenters. The van der Waals surface area contributed by atoms with Crippen molar-refractivity contribution in [1.82, 2.24) is 9.80 Å². The summed E-state index contributed by atoms with van der Waals surface area (Å²) in [7, 11) is -4.49. The molecule has 13 heteroatoms. The number of anilines is 1. The smallest absolute Gasteiger partial charge is 0.331 e. The Hall–Kier alpha value is -3.48. The summed E-state index contributed by atoms with van der Waals surface area (Å²) in [6, 6.07) is 10.3. The Balaban J connectivity index is 1.54. The van der Waals surface area contributed by atoms with Crippen LogP contribution in [-0.2, 0) is 24.3 Å². The highest BCUT2D eigenvalue weighted by Crippen LogP contribution is 2.49. The van der Waals surface area contributed by atoms with Gasteiger partial charge in [-0.15, -0.1) is 0 Å². The Labute approximate surface area is 254 Å². The van der Waals surface area contributed by atoms with Crippen LogP contribution in [0.25, 0.3) is 0 Å². The molecule has 43 heavy (non-hydrogen) atoms. The van der Waals surface area contributed by atoms with Crippen molar-refractivity contribution in [1.29, 1.82) is 0 Å². The Morgan fingerprint density at radius 1 is 1.09 bits per heavy atom. The minimum absolute atomic E-state index is 0.0157. The number of esters is 1. The van der Waals surface area contributed by atoms with Gasteiger partial charge in [0.25, 0.3) is 15.9 Å². The summed E-state index contributed by atoms with van der Waals surface area (Å²) >= 11 is 6.80. The topological polar surface area (TPSA) is 122 Å². The first-order chi connectivity index (χ1) is 20.4. The first kappa shape index (κ1) is 31.0. The van der Waals surface area contributed by atoms with Gasteiger partial charge in [-0.05, 0) is 86.9 Å². The quantitative estimate of drug-likeness (QED) is 0.412. The molecule has 2 aromatic rings. The number of hydrogen-bond acceptors (Lipinski definition) is 7. The van der Waals surface area contributed by atoms with Crippen LogP contribution in [-0.4, -0.2) is 61.9 Å². The number of allylic oxidation sites excluding steroid dienone is 1. The highest BCUT2D eigenvalue weighted by atomic mass is 35.5. The van der Waals surface area contributed by atoms with Gasteiger partial charge in [-0.1, -0.05) is 23.7 Å². The van der Waals surface area contributed by atoms with Crippen molar-refractivity contribution >= 4 is 39.2 Å². The first-order valence-corrected chi connectivity index (χ1v) is 16.0. The van der Waals surface area contributed by atoms with Crippen molar-refractivity contribution in [2.45, 2.75) is 51.0 Å². The summed E-state index contributed by atoms with van der Waals surface area (Å²) in [4.78, 5) is 30.2. The summed E-state index contributed by atoms with van der Waals surface area (Å²) in [6.45, 7) is 3.88. The number of amides is 1. The minimum Gasteiger partial charge on any atom is -0.464 e. The molecule has 3 N–H and O–H groups in total. The van der Waals surface area contributed by atoms with Gasteiger partial charge in [0.15, 0.2) is 5.03 Å². The molecule has 230 valence electrons. The van der Waals surface area contributed by atoms with Gasteiger partial charge in [-0.2, -0.15) is 0 Å². The second-order valence-electron chi connectivity index (χ2n) is 11.1. The molecule has 0 radical (unpaired) electrons. The number of nitrogens with zero attached hydrogens (tertiary/aromatic N) is 2. The molecule has 2 aliphatic heterocycles. The number of aryl methyl sites for hydroxylation is 1. The van der Waals surface area contributed by atoms with E-state index in [1.54, 1.807) is 30.9 Å². The standard InChI is InChI=1S/C30H33ClF2N4O5S/c1-3-42-29(39)30(12-13-30)37-17-23(27(38)36-14-10-20(11-15-36)19-4-6-21(32)7-5-19)26(25(31)28(37)43(34,40)41)35-24-9-8-22(33)16-18(24)2/h4-9,16,20,35H,3,10-15,17H2,1-2H3,(H2,34,40,41). The number of carbonyl (C=O) groups excluding carboxylic acids is 2. The number of benzene rings is 2. The number of carbonyl (C=O) groups is 2. The minimum atomic E-state index is -4.49. The van der Waals surface area contributed by atoms with Crippen molar-refractivity contribution in [2.24, 2.45) is 5.14 Å². The Bertz CT molecular complexity index is 1620. The van der Waals surface area contributed by atoms with Gasteiger partial charge in [-0.3, -0.25) is 4.79 Å². The summed E-state index contributed by atoms with van der Waals surface area (Å²) in [6.07, 6.45) is 1.85. The van der Waals surface area contributed by atoms with Crippen molar-refractivity contribution in [2.75, 3.05) is 31.6 Å². The molecular weight excluding hydrogens is 602 g/mol. The third-order valence-electron chi connectivity index (χ3n) is 8.27. The van der Waals surface area contributed by atoms with Crippen LogP contribution < -0.4 is 10.5 Å². The number of piperidine rings is 1. The fourth-order valence-electron chi connectivity index (χ4n) is 5.81. The zero-order valence-electron chi connectivity index (χ0n) is 23.8. The zero-order valence-corrected chi connectivity index (χ0v) is 25.4. The molecule has 3 aliphatic rings. The summed E-state index contributed by atoms with van der Waals surface area (Å²) in [5.41, 5.74) is 0.701. The predicted octanol–water partition coefficient (Wildman–Crippen LogP) is 4.45. The molecule has 1 amide bonds. The van der Waals surface area contributed by atoms with E-state index >= 15 is 0 Å². The van der Waals surface area contributed by atoms with E-state index in [4.69, 9.17) is 21.5 Å². The van der Waals surface area contributed by atoms with Gasteiger partial charge in [0.05, 0.1) is 24.4 Å². The predicted molar refractivity (Wildman–Crippen MR) is 158 cm³/mol. The third kappa shape index (κ3) is 6.13. The summed E-state index contributed by atoms with van der Waals surface area (Å²) in [5, 5.41) is 7.88. The fourth-order valence-corrected chi connectivity index (χ4v) is 7.29. The number of ether oxygens (including phenoxy) is 1. The molecule has 2 fully saturated rings. The maximum Gasteiger partial charge on any atom is 0.331 e. The molecule has 2 heterocycles. The summed E-state index contributed by atoms with van der Waals surface area (Å²) < 4.78 is 58.5. The Kier molecular flexibility index (Phi) is 8.56. The number of primary sulfonamides is 1. The van der Waals surface area contributed by atoms with Crippen LogP contribution in [0.5, 0.6) is 0 Å². The van der Waals surface area contributed by atoms with E-state index in [1.165, 1.54) is 35.2 Å². The van der Waals surface area contributed by atoms with Crippen molar-refractivity contribution in [3.8, 4) is 0 Å². The number of hydrogen-bond donors (Lipinski definition) is 2. The highest BCUT2D eigenvalue weighted by molar-refractivity contribution is 7.93. The molecular formula is C30H33ClF2N4O5S. The van der Waals surface area contributed by atoms with Gasteiger partial charge in [-0.25, -0.2) is 27.1 Å². The second kappa shape index (κ2) is 11.9. The second-order valence-corrected chi connectivity index (χ2v) is 12.9. The molecule has 1 saturated carbocycles. The normalized spacial score (nSPS) is 19.0. The van der Waals surface area contributed by atoms with E-state index < -0.39 is 38.3 Å². The molecule has 0 atom stereocenters. The van der Waals surface area contributed by atoms with Crippen LogP contribution in [0.1, 0.15) is 49.7 Å². The SMILES string of the molecule is CCOC(=O)C1(N2CC(C(=O)N3CCC(c4ccc(F)cc4)CC3)=C(Nc3ccc(F)cc3C)C(Cl)=C2S(N)(=O)=O)CC1. The van der Waals surface area contributed by atoms with E-state index in [0.717, 1.165) is 5.56 Å². The average molecular weight is 635 g/mol. The molecule has 1 saturated heterocycles. The van der Waals surface area contributed by atoms with Gasteiger partial charge in [0.1, 0.15) is 22.2 Å². The molecule has 9 nitrogen and oxygen atoms in total. The van der Waals surface area contributed by atoms with Crippen LogP contribution in [0.3, 0.4) is 0 Å². The fraction of sp³-hybridized carbons (Fsp3) is 0.400. The van der Waals surface area contributed by atoms with Crippen LogP contribution in [0.2, 0.25) is 0 Å². The van der Waals surface area contributed by atoms with E-state index in [2.05, 4.69) is 5.32 Å². The first-order valence-electron chi connectivity index (χ1n) is 14.0. The molecule has 0 aromatic heterocycles. The molecule has 1 aliphatic carbocycles. The van der Waals surface area contributed by atoms with Gasteiger partial charge < -0.3 is 19.9 Å². The van der Waals surface area contributed by atoms with E-state index in [1.807, 2.05) is 0 Å². The number of likely N-dealkylation sites (tertiary alicyclic amines) is 1. The number of rotatable bonds is 8. The monoisotopic (exact) mass is 634 g/mol. The number of halogens is 3. The summed E-state index contributed by atoms with van der Waals surface area (Å²) in [5.74, 6) is -1.67. The molecule has 5 rings (SSSR count). The zero-order chi connectivity index (χ0) is 31.1. The Morgan fingerprint density at radius 2 is 1.72 bits per heavy atom. The van der Waals surface area contributed by atoms with Gasteiger partial charge >= 0.3 is 5.97 Å². The van der Waals surface area contributed by atoms with Crippen LogP contribution >= 0.6 is 11.6 Å². The van der Waals surface area contributed by atoms with Crippen LogP contribution in [0.4, 0.5) is 14.5 Å². The number of sulfonamides is 1. The van der Waals surface area contributed by atoms with Crippen molar-refractivity contribution in [3.63, 3.8) is 0 Å². The molecule has 0 spiro atoms. The van der Waals surface area contributed by atoms with E-state index in [-0.39, 0.29) is 41.2 Å². The van der Waals surface area contributed by atoms with Gasteiger partial charge in [0.2, 0.25) is 0 Å². The lowest BCUT2D eigenvalue weighted by molar-refractivity contribution is -0.150. The average Bonchev–Trinajstić information content (AvgIpc) is 3.77. The highest BCUT2D eigenvalue weighted by Gasteiger charge is 2.60. The number of nitrogens with two attached hydrogens (primary N) is 1. The van der Waals surface area contributed by atoms with Crippen molar-refractivity contribution in [3.05, 3.63) is 86.6 Å². The lowest BCUT2D eigenvalue weighted by Crippen LogP contribution is -2.52. The lowest BCUT2D eigenvalue weighted by atomic mass is 9.89.